The highest BCUT2D eigenvalue weighted by Crippen LogP contribution is 2.26. The Morgan fingerprint density at radius 2 is 1.90 bits per heavy atom. The number of rotatable bonds is 10. The van der Waals surface area contributed by atoms with Gasteiger partial charge < -0.3 is 10.1 Å². The summed E-state index contributed by atoms with van der Waals surface area (Å²) in [6.45, 7) is 12.9. The molecular weight excluding hydrogens is 262 g/mol. The van der Waals surface area contributed by atoms with E-state index >= 15 is 0 Å². The number of nitrogens with one attached hydrogen (secondary N) is 1. The normalized spacial score (nSPS) is 14.4. The van der Waals surface area contributed by atoms with E-state index in [1.165, 1.54) is 17.0 Å². The summed E-state index contributed by atoms with van der Waals surface area (Å²) in [4.78, 5) is 0. The summed E-state index contributed by atoms with van der Waals surface area (Å²) < 4.78 is 7.58. The number of aromatic nitrogens is 2. The van der Waals surface area contributed by atoms with Crippen LogP contribution in [0.5, 0.6) is 0 Å². The van der Waals surface area contributed by atoms with Crippen molar-refractivity contribution in [2.75, 3.05) is 13.7 Å². The molecule has 1 aromatic rings. The summed E-state index contributed by atoms with van der Waals surface area (Å²) in [6.07, 6.45) is 4.46. The zero-order chi connectivity index (χ0) is 15.8. The maximum absolute atomic E-state index is 5.41. The second kappa shape index (κ2) is 9.21. The minimum Gasteiger partial charge on any atom is -0.380 e. The Bertz CT molecular complexity index is 414. The number of aryl methyl sites for hydroxylation is 1. The van der Waals surface area contributed by atoms with Crippen LogP contribution in [-0.4, -0.2) is 29.5 Å². The molecule has 0 saturated carbocycles. The largest absolute Gasteiger partial charge is 0.380 e. The van der Waals surface area contributed by atoms with Gasteiger partial charge in [0.15, 0.2) is 0 Å². The lowest BCUT2D eigenvalue weighted by molar-refractivity contribution is 0.0989. The molecule has 0 saturated heterocycles. The third kappa shape index (κ3) is 4.55. The maximum atomic E-state index is 5.41. The first-order chi connectivity index (χ1) is 10.1. The van der Waals surface area contributed by atoms with E-state index in [4.69, 9.17) is 9.84 Å². The van der Waals surface area contributed by atoms with Crippen molar-refractivity contribution in [2.45, 2.75) is 79.0 Å². The molecule has 0 bridgehead atoms. The Hall–Kier alpha value is -0.870. The van der Waals surface area contributed by atoms with Crippen molar-refractivity contribution >= 4 is 0 Å². The van der Waals surface area contributed by atoms with Crippen LogP contribution in [0.15, 0.2) is 0 Å². The van der Waals surface area contributed by atoms with Gasteiger partial charge in [0.25, 0.3) is 0 Å². The van der Waals surface area contributed by atoms with E-state index in [0.29, 0.717) is 6.04 Å². The smallest absolute Gasteiger partial charge is 0.0739 e. The molecule has 0 aliphatic rings. The molecule has 2 unspecified atom stereocenters. The Morgan fingerprint density at radius 3 is 2.38 bits per heavy atom. The average Bonchev–Trinajstić information content (AvgIpc) is 2.85. The van der Waals surface area contributed by atoms with Crippen molar-refractivity contribution in [3.63, 3.8) is 0 Å². The first kappa shape index (κ1) is 18.2. The van der Waals surface area contributed by atoms with Crippen molar-refractivity contribution in [2.24, 2.45) is 0 Å². The first-order valence-electron chi connectivity index (χ1n) is 8.47. The van der Waals surface area contributed by atoms with E-state index in [-0.39, 0.29) is 6.10 Å². The Kier molecular flexibility index (Phi) is 7.97. The van der Waals surface area contributed by atoms with Gasteiger partial charge in [-0.05, 0) is 39.2 Å². The number of nitrogens with zero attached hydrogens (tertiary/aromatic N) is 2. The predicted octanol–water partition coefficient (Wildman–Crippen LogP) is 3.49. The third-order valence-corrected chi connectivity index (χ3v) is 4.07. The van der Waals surface area contributed by atoms with Crippen LogP contribution in [0.3, 0.4) is 0 Å². The summed E-state index contributed by atoms with van der Waals surface area (Å²) in [6, 6.07) is 0.418. The molecule has 21 heavy (non-hydrogen) atoms. The van der Waals surface area contributed by atoms with Crippen LogP contribution in [0.1, 0.15) is 70.5 Å². The zero-order valence-electron chi connectivity index (χ0n) is 14.7. The van der Waals surface area contributed by atoms with Crippen LogP contribution in [0.4, 0.5) is 0 Å². The average molecular weight is 295 g/mol. The van der Waals surface area contributed by atoms with E-state index in [1.54, 1.807) is 7.11 Å². The van der Waals surface area contributed by atoms with E-state index in [2.05, 4.69) is 44.6 Å². The molecule has 1 aromatic heterocycles. The summed E-state index contributed by atoms with van der Waals surface area (Å²) in [5.74, 6) is 0. The number of methoxy groups -OCH3 is 1. The second-order valence-electron chi connectivity index (χ2n) is 5.66. The lowest BCUT2D eigenvalue weighted by Gasteiger charge is -2.19. The summed E-state index contributed by atoms with van der Waals surface area (Å²) in [5.41, 5.74) is 4.04. The van der Waals surface area contributed by atoms with Crippen LogP contribution in [0, 0.1) is 0 Å². The quantitative estimate of drug-likeness (QED) is 0.718. The van der Waals surface area contributed by atoms with Gasteiger partial charge in [-0.3, -0.25) is 4.68 Å². The number of ether oxygens (including phenoxy) is 1. The van der Waals surface area contributed by atoms with E-state index in [0.717, 1.165) is 38.8 Å². The van der Waals surface area contributed by atoms with Gasteiger partial charge in [0, 0.05) is 24.4 Å². The highest BCUT2D eigenvalue weighted by molar-refractivity contribution is 5.30. The van der Waals surface area contributed by atoms with Gasteiger partial charge >= 0.3 is 0 Å². The molecule has 0 aliphatic carbocycles. The zero-order valence-corrected chi connectivity index (χ0v) is 14.7. The standard InChI is InChI=1S/C17H33N3O/c1-7-11-18-14(8-2)17-15(9-3)19-20(16(17)10-4)12-13(5)21-6/h13-14,18H,7-12H2,1-6H3. The minimum atomic E-state index is 0.191. The highest BCUT2D eigenvalue weighted by atomic mass is 16.5. The molecule has 1 rings (SSSR count). The molecule has 0 aliphatic heterocycles. The van der Waals surface area contributed by atoms with Crippen LogP contribution < -0.4 is 5.32 Å². The van der Waals surface area contributed by atoms with Gasteiger partial charge in [0.1, 0.15) is 0 Å². The van der Waals surface area contributed by atoms with Gasteiger partial charge in [-0.25, -0.2) is 0 Å². The number of hydrogen-bond donors (Lipinski definition) is 1. The van der Waals surface area contributed by atoms with Gasteiger partial charge in [0.2, 0.25) is 0 Å². The Labute approximate surface area is 130 Å². The van der Waals surface area contributed by atoms with Crippen LogP contribution in [-0.2, 0) is 24.1 Å². The molecule has 122 valence electrons. The van der Waals surface area contributed by atoms with E-state index < -0.39 is 0 Å². The van der Waals surface area contributed by atoms with Gasteiger partial charge in [0.05, 0.1) is 18.3 Å². The van der Waals surface area contributed by atoms with Crippen LogP contribution >= 0.6 is 0 Å². The fraction of sp³-hybridized carbons (Fsp3) is 0.824. The van der Waals surface area contributed by atoms with E-state index in [1.807, 2.05) is 0 Å². The molecule has 1 N–H and O–H groups in total. The Morgan fingerprint density at radius 1 is 1.19 bits per heavy atom. The summed E-state index contributed by atoms with van der Waals surface area (Å²) in [7, 11) is 1.76. The summed E-state index contributed by atoms with van der Waals surface area (Å²) in [5, 5.41) is 8.54. The van der Waals surface area contributed by atoms with Crippen molar-refractivity contribution in [1.82, 2.24) is 15.1 Å². The van der Waals surface area contributed by atoms with Crippen molar-refractivity contribution < 1.29 is 4.74 Å². The topological polar surface area (TPSA) is 39.1 Å². The molecule has 0 aromatic carbocycles. The molecule has 4 heteroatoms. The minimum absolute atomic E-state index is 0.191. The fourth-order valence-electron chi connectivity index (χ4n) is 2.84. The molecule has 0 amide bonds. The summed E-state index contributed by atoms with van der Waals surface area (Å²) >= 11 is 0. The highest BCUT2D eigenvalue weighted by Gasteiger charge is 2.22. The third-order valence-electron chi connectivity index (χ3n) is 4.07. The second-order valence-corrected chi connectivity index (χ2v) is 5.66. The molecule has 0 fully saturated rings. The molecule has 2 atom stereocenters. The van der Waals surface area contributed by atoms with Gasteiger partial charge in [-0.2, -0.15) is 5.10 Å². The fourth-order valence-corrected chi connectivity index (χ4v) is 2.84. The van der Waals surface area contributed by atoms with Gasteiger partial charge in [-0.1, -0.05) is 27.7 Å². The lowest BCUT2D eigenvalue weighted by Crippen LogP contribution is -2.24. The molecule has 0 spiro atoms. The number of hydrogen-bond acceptors (Lipinski definition) is 3. The van der Waals surface area contributed by atoms with E-state index in [9.17, 15) is 0 Å². The molecular formula is C17H33N3O. The van der Waals surface area contributed by atoms with Crippen molar-refractivity contribution in [3.8, 4) is 0 Å². The van der Waals surface area contributed by atoms with Gasteiger partial charge in [-0.15, -0.1) is 0 Å². The first-order valence-corrected chi connectivity index (χ1v) is 8.47. The van der Waals surface area contributed by atoms with Crippen molar-refractivity contribution in [3.05, 3.63) is 17.0 Å². The molecule has 4 nitrogen and oxygen atoms in total. The molecule has 1 heterocycles. The van der Waals surface area contributed by atoms with Crippen molar-refractivity contribution in [1.29, 1.82) is 0 Å². The Balaban J connectivity index is 3.14. The SMILES string of the molecule is CCCNC(CC)c1c(CC)nn(CC(C)OC)c1CC. The van der Waals surface area contributed by atoms with Crippen LogP contribution in [0.2, 0.25) is 0 Å². The lowest BCUT2D eigenvalue weighted by atomic mass is 9.99. The molecule has 0 radical (unpaired) electrons. The maximum Gasteiger partial charge on any atom is 0.0739 e. The van der Waals surface area contributed by atoms with Crippen LogP contribution in [0.25, 0.3) is 0 Å². The monoisotopic (exact) mass is 295 g/mol. The predicted molar refractivity (Wildman–Crippen MR) is 88.8 cm³/mol.